The zero-order valence-electron chi connectivity index (χ0n) is 11.7. The lowest BCUT2D eigenvalue weighted by molar-refractivity contribution is -0.131. The maximum absolute atomic E-state index is 13.0. The summed E-state index contributed by atoms with van der Waals surface area (Å²) in [6, 6.07) is 4.70. The molecule has 1 saturated heterocycles. The molecule has 4 nitrogen and oxygen atoms in total. The summed E-state index contributed by atoms with van der Waals surface area (Å²) >= 11 is 0. The molecule has 0 aromatic heterocycles. The maximum atomic E-state index is 13.0. The number of benzene rings is 1. The highest BCUT2D eigenvalue weighted by molar-refractivity contribution is 5.81. The summed E-state index contributed by atoms with van der Waals surface area (Å²) in [7, 11) is 0. The molecule has 0 saturated carbocycles. The molecule has 110 valence electrons. The Morgan fingerprint density at radius 3 is 2.95 bits per heavy atom. The van der Waals surface area contributed by atoms with Gasteiger partial charge in [0.25, 0.3) is 0 Å². The van der Waals surface area contributed by atoms with Crippen molar-refractivity contribution in [3.8, 4) is 0 Å². The monoisotopic (exact) mass is 280 g/mol. The van der Waals surface area contributed by atoms with E-state index in [0.29, 0.717) is 19.5 Å². The molecule has 1 heterocycles. The summed E-state index contributed by atoms with van der Waals surface area (Å²) in [5.41, 5.74) is 7.46. The van der Waals surface area contributed by atoms with Crippen molar-refractivity contribution < 1.29 is 13.9 Å². The summed E-state index contributed by atoms with van der Waals surface area (Å²) in [5, 5.41) is 2.86. The molecule has 0 unspecified atom stereocenters. The van der Waals surface area contributed by atoms with Gasteiger partial charge in [0.1, 0.15) is 11.9 Å². The first-order chi connectivity index (χ1) is 9.60. The van der Waals surface area contributed by atoms with Crippen LogP contribution in [0.2, 0.25) is 0 Å². The second kappa shape index (κ2) is 6.81. The van der Waals surface area contributed by atoms with Crippen molar-refractivity contribution in [2.45, 2.75) is 38.4 Å². The minimum absolute atomic E-state index is 0.00472. The van der Waals surface area contributed by atoms with E-state index in [1.54, 1.807) is 6.07 Å². The van der Waals surface area contributed by atoms with Gasteiger partial charge < -0.3 is 15.8 Å². The molecule has 1 aliphatic heterocycles. The fourth-order valence-corrected chi connectivity index (χ4v) is 2.45. The number of halogens is 1. The Balaban J connectivity index is 1.77. The van der Waals surface area contributed by atoms with E-state index in [1.807, 2.05) is 6.92 Å². The third-order valence-electron chi connectivity index (χ3n) is 3.66. The zero-order chi connectivity index (χ0) is 14.5. The molecule has 0 aliphatic carbocycles. The number of hydrogen-bond donors (Lipinski definition) is 2. The van der Waals surface area contributed by atoms with Crippen LogP contribution in [0.1, 0.15) is 24.0 Å². The average molecular weight is 280 g/mol. The third-order valence-corrected chi connectivity index (χ3v) is 3.66. The fourth-order valence-electron chi connectivity index (χ4n) is 2.45. The van der Waals surface area contributed by atoms with Crippen LogP contribution < -0.4 is 11.1 Å². The van der Waals surface area contributed by atoms with Crippen LogP contribution in [0.3, 0.4) is 0 Å². The van der Waals surface area contributed by atoms with E-state index in [1.165, 1.54) is 12.1 Å². The number of carbonyl (C=O) groups excluding carboxylic acids is 1. The van der Waals surface area contributed by atoms with Crippen molar-refractivity contribution in [1.82, 2.24) is 5.32 Å². The van der Waals surface area contributed by atoms with Gasteiger partial charge in [-0.15, -0.1) is 0 Å². The third kappa shape index (κ3) is 3.77. The number of hydrogen-bond acceptors (Lipinski definition) is 3. The molecule has 3 N–H and O–H groups in total. The Bertz CT molecular complexity index is 479. The molecule has 1 aromatic rings. The standard InChI is InChI=1S/C15H21FN2O2/c1-10-8-12(16)3-2-11(10)6-7-18-15(19)14-5-4-13(9-17)20-14/h2-3,8,13-14H,4-7,9,17H2,1H3,(H,18,19)/t13-,14+/m1/s1. The highest BCUT2D eigenvalue weighted by Crippen LogP contribution is 2.18. The minimum Gasteiger partial charge on any atom is -0.364 e. The number of amides is 1. The normalized spacial score (nSPS) is 21.9. The topological polar surface area (TPSA) is 64.4 Å². The van der Waals surface area contributed by atoms with Gasteiger partial charge in [-0.25, -0.2) is 4.39 Å². The molecular weight excluding hydrogens is 259 g/mol. The SMILES string of the molecule is Cc1cc(F)ccc1CCNC(=O)[C@@H]1CC[C@H](CN)O1. The van der Waals surface area contributed by atoms with Crippen molar-refractivity contribution in [2.75, 3.05) is 13.1 Å². The summed E-state index contributed by atoms with van der Waals surface area (Å²) < 4.78 is 18.5. The van der Waals surface area contributed by atoms with Crippen LogP contribution in [0.15, 0.2) is 18.2 Å². The number of nitrogens with one attached hydrogen (secondary N) is 1. The molecule has 1 amide bonds. The lowest BCUT2D eigenvalue weighted by Crippen LogP contribution is -2.36. The van der Waals surface area contributed by atoms with Gasteiger partial charge >= 0.3 is 0 Å². The lowest BCUT2D eigenvalue weighted by atomic mass is 10.1. The van der Waals surface area contributed by atoms with Crippen LogP contribution in [0.4, 0.5) is 4.39 Å². The average Bonchev–Trinajstić information content (AvgIpc) is 2.90. The van der Waals surface area contributed by atoms with Crippen LogP contribution in [-0.2, 0) is 16.0 Å². The van der Waals surface area contributed by atoms with E-state index in [-0.39, 0.29) is 23.9 Å². The number of aryl methyl sites for hydroxylation is 1. The van der Waals surface area contributed by atoms with Crippen LogP contribution in [0.5, 0.6) is 0 Å². The molecule has 0 radical (unpaired) electrons. The van der Waals surface area contributed by atoms with E-state index in [4.69, 9.17) is 10.5 Å². The van der Waals surface area contributed by atoms with E-state index >= 15 is 0 Å². The first-order valence-electron chi connectivity index (χ1n) is 6.98. The molecule has 2 rings (SSSR count). The Hall–Kier alpha value is -1.46. The lowest BCUT2D eigenvalue weighted by Gasteiger charge is -2.13. The highest BCUT2D eigenvalue weighted by atomic mass is 19.1. The van der Waals surface area contributed by atoms with Crippen LogP contribution >= 0.6 is 0 Å². The summed E-state index contributed by atoms with van der Waals surface area (Å²) in [6.45, 7) is 2.85. The van der Waals surface area contributed by atoms with Gasteiger partial charge in [0, 0.05) is 13.1 Å². The van der Waals surface area contributed by atoms with Gasteiger partial charge in [-0.3, -0.25) is 4.79 Å². The van der Waals surface area contributed by atoms with E-state index in [9.17, 15) is 9.18 Å². The number of ether oxygens (including phenoxy) is 1. The van der Waals surface area contributed by atoms with Gasteiger partial charge in [-0.2, -0.15) is 0 Å². The Morgan fingerprint density at radius 1 is 1.50 bits per heavy atom. The minimum atomic E-state index is -0.377. The van der Waals surface area contributed by atoms with Crippen molar-refractivity contribution in [3.05, 3.63) is 35.1 Å². The smallest absolute Gasteiger partial charge is 0.249 e. The van der Waals surface area contributed by atoms with E-state index < -0.39 is 0 Å². The summed E-state index contributed by atoms with van der Waals surface area (Å²) in [5.74, 6) is -0.316. The zero-order valence-corrected chi connectivity index (χ0v) is 11.7. The Kier molecular flexibility index (Phi) is 5.09. The molecule has 1 aliphatic rings. The van der Waals surface area contributed by atoms with Crippen LogP contribution in [-0.4, -0.2) is 31.2 Å². The van der Waals surface area contributed by atoms with E-state index in [2.05, 4.69) is 5.32 Å². The van der Waals surface area contributed by atoms with Crippen molar-refractivity contribution in [1.29, 1.82) is 0 Å². The predicted octanol–water partition coefficient (Wildman–Crippen LogP) is 1.30. The Labute approximate surface area is 118 Å². The number of carbonyl (C=O) groups is 1. The summed E-state index contributed by atoms with van der Waals surface area (Å²) in [6.07, 6.45) is 1.88. The molecule has 0 spiro atoms. The van der Waals surface area contributed by atoms with Gasteiger partial charge in [0.05, 0.1) is 6.10 Å². The largest absolute Gasteiger partial charge is 0.364 e. The molecule has 1 aromatic carbocycles. The van der Waals surface area contributed by atoms with Crippen molar-refractivity contribution in [2.24, 2.45) is 5.73 Å². The van der Waals surface area contributed by atoms with Gasteiger partial charge in [0.2, 0.25) is 5.91 Å². The maximum Gasteiger partial charge on any atom is 0.249 e. The molecule has 0 bridgehead atoms. The predicted molar refractivity (Wildman–Crippen MR) is 74.8 cm³/mol. The van der Waals surface area contributed by atoms with Crippen molar-refractivity contribution >= 4 is 5.91 Å². The first kappa shape index (κ1) is 14.9. The molecule has 20 heavy (non-hydrogen) atoms. The molecule has 2 atom stereocenters. The Morgan fingerprint density at radius 2 is 2.30 bits per heavy atom. The summed E-state index contributed by atoms with van der Waals surface area (Å²) in [4.78, 5) is 11.9. The number of nitrogens with two attached hydrogens (primary N) is 1. The van der Waals surface area contributed by atoms with Gasteiger partial charge in [0.15, 0.2) is 0 Å². The van der Waals surface area contributed by atoms with Gasteiger partial charge in [-0.05, 0) is 49.4 Å². The molecule has 5 heteroatoms. The van der Waals surface area contributed by atoms with E-state index in [0.717, 1.165) is 24.0 Å². The fraction of sp³-hybridized carbons (Fsp3) is 0.533. The second-order valence-electron chi connectivity index (χ2n) is 5.17. The van der Waals surface area contributed by atoms with Crippen LogP contribution in [0.25, 0.3) is 0 Å². The number of rotatable bonds is 5. The highest BCUT2D eigenvalue weighted by Gasteiger charge is 2.29. The van der Waals surface area contributed by atoms with Crippen molar-refractivity contribution in [3.63, 3.8) is 0 Å². The van der Waals surface area contributed by atoms with Gasteiger partial charge in [-0.1, -0.05) is 6.07 Å². The molecular formula is C15H21FN2O2. The second-order valence-corrected chi connectivity index (χ2v) is 5.17. The van der Waals surface area contributed by atoms with Crippen LogP contribution in [0, 0.1) is 12.7 Å². The quantitative estimate of drug-likeness (QED) is 0.854. The molecule has 1 fully saturated rings. The first-order valence-corrected chi connectivity index (χ1v) is 6.98.